The highest BCUT2D eigenvalue weighted by Gasteiger charge is 2.13. The quantitative estimate of drug-likeness (QED) is 0.842. The van der Waals surface area contributed by atoms with Gasteiger partial charge in [0, 0.05) is 0 Å². The second-order valence-corrected chi connectivity index (χ2v) is 4.41. The predicted molar refractivity (Wildman–Crippen MR) is 55.1 cm³/mol. The summed E-state index contributed by atoms with van der Waals surface area (Å²) in [5, 5.41) is 4.99. The maximum Gasteiger partial charge on any atom is 0.239 e. The lowest BCUT2D eigenvalue weighted by Crippen LogP contribution is -2.12. The molecule has 0 atom stereocenters. The van der Waals surface area contributed by atoms with Gasteiger partial charge in [-0.1, -0.05) is 29.3 Å². The summed E-state index contributed by atoms with van der Waals surface area (Å²) in [5.41, 5.74) is 0. The Morgan fingerprint density at radius 1 is 1.23 bits per heavy atom. The van der Waals surface area contributed by atoms with Gasteiger partial charge in [-0.2, -0.15) is 0 Å². The molecule has 74 valence electrons. The van der Waals surface area contributed by atoms with E-state index in [1.807, 2.05) is 0 Å². The molecule has 13 heavy (non-hydrogen) atoms. The van der Waals surface area contributed by atoms with Crippen molar-refractivity contribution < 1.29 is 8.42 Å². The summed E-state index contributed by atoms with van der Waals surface area (Å²) >= 11 is 11.2. The number of sulfonamides is 1. The molecule has 0 radical (unpaired) electrons. The van der Waals surface area contributed by atoms with Gasteiger partial charge in [0.05, 0.1) is 10.0 Å². The van der Waals surface area contributed by atoms with E-state index in [1.54, 1.807) is 0 Å². The third-order valence-electron chi connectivity index (χ3n) is 1.22. The smallest absolute Gasteiger partial charge is 0.225 e. The number of hydrogen-bond donors (Lipinski definition) is 1. The molecule has 0 aliphatic carbocycles. The average molecular weight is 263 g/mol. The van der Waals surface area contributed by atoms with Crippen molar-refractivity contribution in [3.63, 3.8) is 0 Å². The van der Waals surface area contributed by atoms with Crippen LogP contribution in [0.1, 0.15) is 0 Å². The summed E-state index contributed by atoms with van der Waals surface area (Å²) in [6.07, 6.45) is 0. The van der Waals surface area contributed by atoms with Gasteiger partial charge in [-0.05, 0) is 12.1 Å². The van der Waals surface area contributed by atoms with Crippen LogP contribution >= 0.6 is 35.6 Å². The number of rotatable bonds is 1. The first-order valence-electron chi connectivity index (χ1n) is 2.90. The average Bonchev–Trinajstić information content (AvgIpc) is 1.92. The van der Waals surface area contributed by atoms with Gasteiger partial charge in [0.25, 0.3) is 0 Å². The van der Waals surface area contributed by atoms with Gasteiger partial charge in [-0.25, -0.2) is 13.6 Å². The predicted octanol–water partition coefficient (Wildman–Crippen LogP) is 2.06. The molecule has 2 N–H and O–H groups in total. The van der Waals surface area contributed by atoms with Gasteiger partial charge in [0.1, 0.15) is 4.90 Å². The van der Waals surface area contributed by atoms with Gasteiger partial charge < -0.3 is 0 Å². The molecule has 0 spiro atoms. The summed E-state index contributed by atoms with van der Waals surface area (Å²) in [5.74, 6) is 0. The van der Waals surface area contributed by atoms with Crippen LogP contribution in [0.3, 0.4) is 0 Å². The largest absolute Gasteiger partial charge is 0.239 e. The zero-order valence-corrected chi connectivity index (χ0v) is 9.34. The topological polar surface area (TPSA) is 60.2 Å². The van der Waals surface area contributed by atoms with E-state index in [0.717, 1.165) is 0 Å². The lowest BCUT2D eigenvalue weighted by atomic mass is 10.4. The Morgan fingerprint density at radius 3 is 2.15 bits per heavy atom. The van der Waals surface area contributed by atoms with E-state index in [9.17, 15) is 8.42 Å². The first-order valence-corrected chi connectivity index (χ1v) is 5.20. The molecular formula is C6H6Cl3NO2S. The number of benzene rings is 1. The first kappa shape index (κ1) is 13.0. The zero-order valence-electron chi connectivity index (χ0n) is 6.20. The van der Waals surface area contributed by atoms with Crippen LogP contribution in [-0.2, 0) is 10.0 Å². The Labute approximate surface area is 92.3 Å². The molecule has 1 aromatic rings. The van der Waals surface area contributed by atoms with Crippen molar-refractivity contribution in [3.05, 3.63) is 28.2 Å². The second kappa shape index (κ2) is 4.48. The monoisotopic (exact) mass is 261 g/mol. The molecule has 7 heteroatoms. The molecule has 0 amide bonds. The Bertz CT molecular complexity index is 404. The highest BCUT2D eigenvalue weighted by Crippen LogP contribution is 2.27. The van der Waals surface area contributed by atoms with E-state index in [0.29, 0.717) is 0 Å². The maximum absolute atomic E-state index is 10.8. The molecule has 3 nitrogen and oxygen atoms in total. The summed E-state index contributed by atoms with van der Waals surface area (Å²) in [6.45, 7) is 0. The van der Waals surface area contributed by atoms with Crippen LogP contribution in [0.5, 0.6) is 0 Å². The van der Waals surface area contributed by atoms with Crippen LogP contribution in [0.2, 0.25) is 10.0 Å². The highest BCUT2D eigenvalue weighted by molar-refractivity contribution is 7.89. The van der Waals surface area contributed by atoms with E-state index in [1.165, 1.54) is 18.2 Å². The van der Waals surface area contributed by atoms with Crippen molar-refractivity contribution in [3.8, 4) is 0 Å². The van der Waals surface area contributed by atoms with Crippen molar-refractivity contribution in [1.82, 2.24) is 0 Å². The van der Waals surface area contributed by atoms with Gasteiger partial charge in [-0.15, -0.1) is 12.4 Å². The standard InChI is InChI=1S/C6H5Cl2NO2S.ClH/c7-4-2-1-3-5(6(4)8)12(9,10)11;/h1-3H,(H2,9,10,11);1H. The van der Waals surface area contributed by atoms with E-state index in [-0.39, 0.29) is 27.3 Å². The van der Waals surface area contributed by atoms with Gasteiger partial charge >= 0.3 is 0 Å². The molecule has 0 aliphatic heterocycles. The van der Waals surface area contributed by atoms with Crippen LogP contribution < -0.4 is 5.14 Å². The fourth-order valence-corrected chi connectivity index (χ4v) is 2.01. The van der Waals surface area contributed by atoms with E-state index < -0.39 is 10.0 Å². The van der Waals surface area contributed by atoms with Crippen molar-refractivity contribution in [2.75, 3.05) is 0 Å². The summed E-state index contributed by atoms with van der Waals surface area (Å²) < 4.78 is 21.7. The fourth-order valence-electron chi connectivity index (χ4n) is 0.704. The van der Waals surface area contributed by atoms with Crippen LogP contribution in [-0.4, -0.2) is 8.42 Å². The van der Waals surface area contributed by atoms with Gasteiger partial charge in [-0.3, -0.25) is 0 Å². The molecule has 0 bridgehead atoms. The number of halogens is 3. The maximum atomic E-state index is 10.8. The van der Waals surface area contributed by atoms with E-state index in [4.69, 9.17) is 28.3 Å². The molecule has 0 saturated heterocycles. The lowest BCUT2D eigenvalue weighted by Gasteiger charge is -2.01. The minimum absolute atomic E-state index is 0. The number of hydrogen-bond acceptors (Lipinski definition) is 2. The zero-order chi connectivity index (χ0) is 9.35. The molecule has 0 aromatic heterocycles. The van der Waals surface area contributed by atoms with Crippen LogP contribution in [0.4, 0.5) is 0 Å². The molecular weight excluding hydrogens is 256 g/mol. The molecule has 0 saturated carbocycles. The van der Waals surface area contributed by atoms with E-state index in [2.05, 4.69) is 0 Å². The Balaban J connectivity index is 0.00000144. The number of nitrogens with two attached hydrogens (primary N) is 1. The van der Waals surface area contributed by atoms with Crippen molar-refractivity contribution in [2.45, 2.75) is 4.90 Å². The summed E-state index contributed by atoms with van der Waals surface area (Å²) in [6, 6.07) is 4.25. The molecule has 0 aliphatic rings. The lowest BCUT2D eigenvalue weighted by molar-refractivity contribution is 0.598. The van der Waals surface area contributed by atoms with Crippen LogP contribution in [0, 0.1) is 0 Å². The molecule has 0 fully saturated rings. The summed E-state index contributed by atoms with van der Waals surface area (Å²) in [4.78, 5) is -0.156. The molecule has 1 aromatic carbocycles. The van der Waals surface area contributed by atoms with Crippen LogP contribution in [0.15, 0.2) is 23.1 Å². The van der Waals surface area contributed by atoms with Crippen LogP contribution in [0.25, 0.3) is 0 Å². The summed E-state index contributed by atoms with van der Waals surface area (Å²) in [7, 11) is -3.77. The van der Waals surface area contributed by atoms with Gasteiger partial charge in [0.15, 0.2) is 0 Å². The SMILES string of the molecule is Cl.NS(=O)(=O)c1cccc(Cl)c1Cl. The molecule has 1 rings (SSSR count). The fraction of sp³-hybridized carbons (Fsp3) is 0. The van der Waals surface area contributed by atoms with Crippen molar-refractivity contribution >= 4 is 45.6 Å². The Kier molecular flexibility index (Phi) is 4.48. The third-order valence-corrected chi connectivity index (χ3v) is 3.11. The Morgan fingerprint density at radius 2 is 1.77 bits per heavy atom. The minimum atomic E-state index is -3.77. The highest BCUT2D eigenvalue weighted by atomic mass is 35.5. The molecule has 0 heterocycles. The van der Waals surface area contributed by atoms with Crippen molar-refractivity contribution in [1.29, 1.82) is 0 Å². The third kappa shape index (κ3) is 3.00. The molecule has 0 unspecified atom stereocenters. The Hall–Kier alpha value is -0.000000000000000111. The normalized spacial score (nSPS) is 10.7. The van der Waals surface area contributed by atoms with E-state index >= 15 is 0 Å². The second-order valence-electron chi connectivity index (χ2n) is 2.10. The van der Waals surface area contributed by atoms with Crippen molar-refractivity contribution in [2.24, 2.45) is 5.14 Å². The minimum Gasteiger partial charge on any atom is -0.225 e. The number of primary sulfonamides is 1. The first-order chi connectivity index (χ1) is 5.43. The van der Waals surface area contributed by atoms with Gasteiger partial charge in [0.2, 0.25) is 10.0 Å².